The van der Waals surface area contributed by atoms with Gasteiger partial charge in [0.05, 0.1) is 5.56 Å². The Kier molecular flexibility index (Phi) is 5.03. The number of hydrogen-bond acceptors (Lipinski definition) is 2. The van der Waals surface area contributed by atoms with Crippen molar-refractivity contribution in [3.05, 3.63) is 34.6 Å². The lowest BCUT2D eigenvalue weighted by Gasteiger charge is -2.17. The summed E-state index contributed by atoms with van der Waals surface area (Å²) < 4.78 is 13.9. The van der Waals surface area contributed by atoms with Gasteiger partial charge in [0, 0.05) is 12.5 Å². The fourth-order valence-electron chi connectivity index (χ4n) is 2.31. The highest BCUT2D eigenvalue weighted by Crippen LogP contribution is 2.22. The van der Waals surface area contributed by atoms with Gasteiger partial charge < -0.3 is 5.73 Å². The fourth-order valence-corrected chi connectivity index (χ4v) is 2.31. The van der Waals surface area contributed by atoms with E-state index in [4.69, 9.17) is 5.73 Å². The van der Waals surface area contributed by atoms with Crippen LogP contribution in [0.4, 0.5) is 4.39 Å². The minimum absolute atomic E-state index is 0.166. The van der Waals surface area contributed by atoms with E-state index in [1.807, 2.05) is 26.8 Å². The summed E-state index contributed by atoms with van der Waals surface area (Å²) in [5.41, 5.74) is 7.37. The van der Waals surface area contributed by atoms with Crippen molar-refractivity contribution in [3.8, 4) is 0 Å². The van der Waals surface area contributed by atoms with Crippen LogP contribution in [0.2, 0.25) is 0 Å². The van der Waals surface area contributed by atoms with Crippen LogP contribution in [-0.2, 0) is 0 Å². The number of nitrogens with two attached hydrogens (primary N) is 1. The molecule has 2 N–H and O–H groups in total. The fraction of sp³-hybridized carbons (Fsp3) is 0.533. The Bertz CT molecular complexity index is 417. The van der Waals surface area contributed by atoms with Crippen molar-refractivity contribution >= 4 is 5.78 Å². The average Bonchev–Trinajstić information content (AvgIpc) is 2.23. The van der Waals surface area contributed by atoms with Crippen LogP contribution >= 0.6 is 0 Å². The summed E-state index contributed by atoms with van der Waals surface area (Å²) >= 11 is 0. The first-order valence-electron chi connectivity index (χ1n) is 6.37. The largest absolute Gasteiger partial charge is 0.330 e. The summed E-state index contributed by atoms with van der Waals surface area (Å²) in [7, 11) is 0. The van der Waals surface area contributed by atoms with Gasteiger partial charge in [0.15, 0.2) is 5.78 Å². The van der Waals surface area contributed by atoms with Gasteiger partial charge in [0.25, 0.3) is 0 Å². The molecule has 0 aromatic heterocycles. The highest BCUT2D eigenvalue weighted by atomic mass is 19.1. The summed E-state index contributed by atoms with van der Waals surface area (Å²) in [5.74, 6) is -0.516. The standard InChI is InChI=1S/C15H22FNO/c1-9(2)5-12(8-17)15(18)14-11(4)6-10(3)7-13(14)16/h6-7,9,12H,5,8,17H2,1-4H3. The molecular weight excluding hydrogens is 229 g/mol. The van der Waals surface area contributed by atoms with Gasteiger partial charge in [-0.2, -0.15) is 0 Å². The molecule has 2 nitrogen and oxygen atoms in total. The van der Waals surface area contributed by atoms with Crippen molar-refractivity contribution in [2.24, 2.45) is 17.6 Å². The topological polar surface area (TPSA) is 43.1 Å². The third kappa shape index (κ3) is 3.39. The first-order valence-corrected chi connectivity index (χ1v) is 6.37. The second-order valence-electron chi connectivity index (χ2n) is 5.37. The first kappa shape index (κ1) is 14.8. The first-order chi connectivity index (χ1) is 8.36. The molecule has 18 heavy (non-hydrogen) atoms. The molecule has 0 aliphatic carbocycles. The summed E-state index contributed by atoms with van der Waals surface area (Å²) in [4.78, 5) is 12.3. The van der Waals surface area contributed by atoms with E-state index in [-0.39, 0.29) is 23.8 Å². The maximum absolute atomic E-state index is 13.9. The number of carbonyl (C=O) groups is 1. The van der Waals surface area contributed by atoms with E-state index in [2.05, 4.69) is 0 Å². The molecule has 0 spiro atoms. The number of Topliss-reactive ketones (excluding diaryl/α,β-unsaturated/α-hetero) is 1. The van der Waals surface area contributed by atoms with Crippen LogP contribution in [0.25, 0.3) is 0 Å². The van der Waals surface area contributed by atoms with E-state index in [9.17, 15) is 9.18 Å². The van der Waals surface area contributed by atoms with Crippen molar-refractivity contribution in [1.29, 1.82) is 0 Å². The minimum atomic E-state index is -0.431. The molecule has 1 atom stereocenters. The SMILES string of the molecule is Cc1cc(C)c(C(=O)C(CN)CC(C)C)c(F)c1. The molecule has 1 aromatic carbocycles. The number of carbonyl (C=O) groups excluding carboxylic acids is 1. The number of rotatable bonds is 5. The van der Waals surface area contributed by atoms with E-state index in [1.165, 1.54) is 6.07 Å². The zero-order valence-corrected chi connectivity index (χ0v) is 11.6. The maximum Gasteiger partial charge on any atom is 0.170 e. The lowest BCUT2D eigenvalue weighted by atomic mass is 9.87. The van der Waals surface area contributed by atoms with Gasteiger partial charge >= 0.3 is 0 Å². The van der Waals surface area contributed by atoms with Crippen LogP contribution in [0.15, 0.2) is 12.1 Å². The van der Waals surface area contributed by atoms with Crippen molar-refractivity contribution in [3.63, 3.8) is 0 Å². The number of aryl methyl sites for hydroxylation is 2. The Morgan fingerprint density at radius 2 is 1.94 bits per heavy atom. The molecule has 0 saturated carbocycles. The third-order valence-electron chi connectivity index (χ3n) is 3.09. The Morgan fingerprint density at radius 3 is 2.39 bits per heavy atom. The number of hydrogen-bond donors (Lipinski definition) is 1. The van der Waals surface area contributed by atoms with Crippen molar-refractivity contribution < 1.29 is 9.18 Å². The molecule has 100 valence electrons. The van der Waals surface area contributed by atoms with E-state index in [0.717, 1.165) is 5.56 Å². The Morgan fingerprint density at radius 1 is 1.33 bits per heavy atom. The summed E-state index contributed by atoms with van der Waals surface area (Å²) in [6, 6.07) is 3.24. The lowest BCUT2D eigenvalue weighted by Crippen LogP contribution is -2.26. The number of benzene rings is 1. The zero-order valence-electron chi connectivity index (χ0n) is 11.6. The molecule has 1 unspecified atom stereocenters. The quantitative estimate of drug-likeness (QED) is 0.816. The second kappa shape index (κ2) is 6.10. The van der Waals surface area contributed by atoms with E-state index < -0.39 is 5.82 Å². The molecule has 0 saturated heterocycles. The Balaban J connectivity index is 3.09. The molecule has 0 heterocycles. The van der Waals surface area contributed by atoms with Gasteiger partial charge in [-0.1, -0.05) is 19.9 Å². The molecule has 0 amide bonds. The van der Waals surface area contributed by atoms with Gasteiger partial charge in [0.1, 0.15) is 5.82 Å². The molecule has 1 rings (SSSR count). The number of ketones is 1. The van der Waals surface area contributed by atoms with E-state index in [1.54, 1.807) is 6.92 Å². The monoisotopic (exact) mass is 251 g/mol. The molecule has 1 aromatic rings. The summed E-state index contributed by atoms with van der Waals surface area (Å²) in [5, 5.41) is 0. The summed E-state index contributed by atoms with van der Waals surface area (Å²) in [6.07, 6.45) is 0.697. The van der Waals surface area contributed by atoms with Gasteiger partial charge in [-0.3, -0.25) is 4.79 Å². The van der Waals surface area contributed by atoms with Gasteiger partial charge in [-0.15, -0.1) is 0 Å². The normalized spacial score (nSPS) is 12.8. The second-order valence-corrected chi connectivity index (χ2v) is 5.37. The van der Waals surface area contributed by atoms with E-state index in [0.29, 0.717) is 17.9 Å². The predicted molar refractivity (Wildman–Crippen MR) is 72.2 cm³/mol. The smallest absolute Gasteiger partial charge is 0.170 e. The molecule has 0 fully saturated rings. The zero-order chi connectivity index (χ0) is 13.9. The molecule has 0 aliphatic heterocycles. The van der Waals surface area contributed by atoms with Gasteiger partial charge in [-0.25, -0.2) is 4.39 Å². The van der Waals surface area contributed by atoms with Crippen molar-refractivity contribution in [1.82, 2.24) is 0 Å². The van der Waals surface area contributed by atoms with E-state index >= 15 is 0 Å². The van der Waals surface area contributed by atoms with Gasteiger partial charge in [0.2, 0.25) is 0 Å². The van der Waals surface area contributed by atoms with Crippen molar-refractivity contribution in [2.75, 3.05) is 6.54 Å². The lowest BCUT2D eigenvalue weighted by molar-refractivity contribution is 0.0904. The van der Waals surface area contributed by atoms with Crippen LogP contribution in [-0.4, -0.2) is 12.3 Å². The molecule has 3 heteroatoms. The van der Waals surface area contributed by atoms with Crippen LogP contribution in [0.1, 0.15) is 41.8 Å². The Hall–Kier alpha value is -1.22. The molecule has 0 bridgehead atoms. The van der Waals surface area contributed by atoms with Crippen LogP contribution in [0, 0.1) is 31.5 Å². The number of halogens is 1. The van der Waals surface area contributed by atoms with Crippen LogP contribution in [0.3, 0.4) is 0 Å². The molecule has 0 aliphatic rings. The van der Waals surface area contributed by atoms with Crippen LogP contribution < -0.4 is 5.73 Å². The van der Waals surface area contributed by atoms with Crippen molar-refractivity contribution in [2.45, 2.75) is 34.1 Å². The maximum atomic E-state index is 13.9. The third-order valence-corrected chi connectivity index (χ3v) is 3.09. The predicted octanol–water partition coefficient (Wildman–Crippen LogP) is 3.25. The highest BCUT2D eigenvalue weighted by Gasteiger charge is 2.24. The molecular formula is C15H22FNO. The van der Waals surface area contributed by atoms with Gasteiger partial charge in [-0.05, 0) is 43.4 Å². The summed E-state index contributed by atoms with van der Waals surface area (Å²) in [6.45, 7) is 7.93. The van der Waals surface area contributed by atoms with Crippen LogP contribution in [0.5, 0.6) is 0 Å². The average molecular weight is 251 g/mol. The Labute approximate surface area is 108 Å². The minimum Gasteiger partial charge on any atom is -0.330 e. The molecule has 0 radical (unpaired) electrons. The highest BCUT2D eigenvalue weighted by molar-refractivity contribution is 5.99.